The largest absolute Gasteiger partial charge is 0.497 e. The highest BCUT2D eigenvalue weighted by atomic mass is 16.6. The number of hydrogen-bond donors (Lipinski definition) is 2. The number of H-pyrrole nitrogens is 1. The number of hydrogen-bond acceptors (Lipinski definition) is 7. The zero-order valence-electron chi connectivity index (χ0n) is 16.8. The van der Waals surface area contributed by atoms with Crippen molar-refractivity contribution in [1.82, 2.24) is 15.2 Å². The molecule has 2 aromatic carbocycles. The van der Waals surface area contributed by atoms with Gasteiger partial charge in [0.25, 0.3) is 11.6 Å². The van der Waals surface area contributed by atoms with Gasteiger partial charge < -0.3 is 14.8 Å². The standard InChI is InChI=1S/C22H17N5O5/c1-31-17-5-2-4-14(8-17)20-12-21(26-25-20)22(28)24-15-9-16(27(29)30)11-19(10-15)32-18-6-3-7-23-13-18/h2-13H,1H3,(H,24,28)(H,25,26). The van der Waals surface area contributed by atoms with Crippen LogP contribution in [-0.4, -0.2) is 33.1 Å². The number of nitrogens with one attached hydrogen (secondary N) is 2. The number of aromatic nitrogens is 3. The van der Waals surface area contributed by atoms with Crippen molar-refractivity contribution in [3.05, 3.63) is 88.9 Å². The Morgan fingerprint density at radius 1 is 1.06 bits per heavy atom. The average molecular weight is 431 g/mol. The van der Waals surface area contributed by atoms with E-state index in [0.717, 1.165) is 5.56 Å². The summed E-state index contributed by atoms with van der Waals surface area (Å²) in [5.74, 6) is 0.736. The fraction of sp³-hybridized carbons (Fsp3) is 0.0455. The van der Waals surface area contributed by atoms with Crippen molar-refractivity contribution in [1.29, 1.82) is 0 Å². The van der Waals surface area contributed by atoms with Crippen LogP contribution in [0.15, 0.2) is 73.1 Å². The summed E-state index contributed by atoms with van der Waals surface area (Å²) in [4.78, 5) is 27.4. The predicted molar refractivity (Wildman–Crippen MR) is 116 cm³/mol. The van der Waals surface area contributed by atoms with Crippen molar-refractivity contribution >= 4 is 17.3 Å². The van der Waals surface area contributed by atoms with Gasteiger partial charge in [-0.25, -0.2) is 0 Å². The second kappa shape index (κ2) is 8.96. The van der Waals surface area contributed by atoms with E-state index in [0.29, 0.717) is 17.2 Å². The van der Waals surface area contributed by atoms with Crippen molar-refractivity contribution in [2.75, 3.05) is 12.4 Å². The number of carbonyl (C=O) groups excluding carboxylic acids is 1. The molecule has 0 unspecified atom stereocenters. The number of nitrogens with zero attached hydrogens (tertiary/aromatic N) is 3. The van der Waals surface area contributed by atoms with E-state index in [9.17, 15) is 14.9 Å². The molecule has 4 rings (SSSR count). The molecule has 0 radical (unpaired) electrons. The first-order valence-corrected chi connectivity index (χ1v) is 9.40. The van der Waals surface area contributed by atoms with Crippen LogP contribution in [-0.2, 0) is 0 Å². The molecule has 32 heavy (non-hydrogen) atoms. The monoisotopic (exact) mass is 431 g/mol. The van der Waals surface area contributed by atoms with E-state index < -0.39 is 10.8 Å². The minimum absolute atomic E-state index is 0.184. The summed E-state index contributed by atoms with van der Waals surface area (Å²) in [6.45, 7) is 0. The second-order valence-electron chi connectivity index (χ2n) is 6.62. The molecular formula is C22H17N5O5. The number of methoxy groups -OCH3 is 1. The van der Waals surface area contributed by atoms with Crippen molar-refractivity contribution in [3.63, 3.8) is 0 Å². The summed E-state index contributed by atoms with van der Waals surface area (Å²) in [6.07, 6.45) is 3.05. The molecule has 4 aromatic rings. The first-order valence-electron chi connectivity index (χ1n) is 9.40. The van der Waals surface area contributed by atoms with Crippen LogP contribution in [0.5, 0.6) is 17.2 Å². The van der Waals surface area contributed by atoms with E-state index in [4.69, 9.17) is 9.47 Å². The number of benzene rings is 2. The van der Waals surface area contributed by atoms with Gasteiger partial charge in [0, 0.05) is 23.9 Å². The van der Waals surface area contributed by atoms with E-state index in [2.05, 4.69) is 20.5 Å². The lowest BCUT2D eigenvalue weighted by molar-refractivity contribution is -0.384. The van der Waals surface area contributed by atoms with Crippen LogP contribution in [0.4, 0.5) is 11.4 Å². The molecule has 0 saturated heterocycles. The van der Waals surface area contributed by atoms with Crippen molar-refractivity contribution in [2.45, 2.75) is 0 Å². The lowest BCUT2D eigenvalue weighted by Crippen LogP contribution is -2.12. The minimum atomic E-state index is -0.567. The molecule has 2 heterocycles. The van der Waals surface area contributed by atoms with E-state index in [1.54, 1.807) is 43.6 Å². The Bertz CT molecular complexity index is 1270. The summed E-state index contributed by atoms with van der Waals surface area (Å²) in [5.41, 5.74) is 1.46. The fourth-order valence-electron chi connectivity index (χ4n) is 2.93. The third kappa shape index (κ3) is 4.70. The first kappa shape index (κ1) is 20.5. The predicted octanol–water partition coefficient (Wildman–Crippen LogP) is 4.43. The van der Waals surface area contributed by atoms with Crippen LogP contribution in [0.2, 0.25) is 0 Å². The Morgan fingerprint density at radius 3 is 2.66 bits per heavy atom. The number of anilines is 1. The fourth-order valence-corrected chi connectivity index (χ4v) is 2.93. The van der Waals surface area contributed by atoms with E-state index in [1.165, 1.54) is 24.4 Å². The zero-order chi connectivity index (χ0) is 22.5. The minimum Gasteiger partial charge on any atom is -0.497 e. The molecule has 10 nitrogen and oxygen atoms in total. The first-order chi connectivity index (χ1) is 15.5. The van der Waals surface area contributed by atoms with Gasteiger partial charge in [0.05, 0.1) is 35.7 Å². The molecule has 2 N–H and O–H groups in total. The van der Waals surface area contributed by atoms with Crippen LogP contribution in [0, 0.1) is 10.1 Å². The zero-order valence-corrected chi connectivity index (χ0v) is 16.8. The SMILES string of the molecule is COc1cccc(-c2cc(C(=O)Nc3cc(Oc4cccnc4)cc([N+](=O)[O-])c3)[nH]n2)c1. The number of carbonyl (C=O) groups is 1. The van der Waals surface area contributed by atoms with E-state index >= 15 is 0 Å². The molecule has 0 saturated carbocycles. The maximum Gasteiger partial charge on any atom is 0.275 e. The molecule has 2 aromatic heterocycles. The highest BCUT2D eigenvalue weighted by Crippen LogP contribution is 2.30. The highest BCUT2D eigenvalue weighted by molar-refractivity contribution is 6.03. The van der Waals surface area contributed by atoms with E-state index in [1.807, 2.05) is 12.1 Å². The normalized spacial score (nSPS) is 10.4. The molecule has 0 aliphatic heterocycles. The number of pyridine rings is 1. The van der Waals surface area contributed by atoms with Gasteiger partial charge in [-0.05, 0) is 30.3 Å². The van der Waals surface area contributed by atoms with Gasteiger partial charge in [-0.2, -0.15) is 5.10 Å². The maximum absolute atomic E-state index is 12.7. The molecule has 0 fully saturated rings. The third-order valence-electron chi connectivity index (χ3n) is 4.42. The molecule has 0 spiro atoms. The van der Waals surface area contributed by atoms with Crippen molar-refractivity contribution in [2.24, 2.45) is 0 Å². The van der Waals surface area contributed by atoms with E-state index in [-0.39, 0.29) is 22.8 Å². The second-order valence-corrected chi connectivity index (χ2v) is 6.62. The number of rotatable bonds is 7. The smallest absolute Gasteiger partial charge is 0.275 e. The Kier molecular flexibility index (Phi) is 5.75. The van der Waals surface area contributed by atoms with Crippen LogP contribution < -0.4 is 14.8 Å². The maximum atomic E-state index is 12.7. The van der Waals surface area contributed by atoms with Crippen molar-refractivity contribution in [3.8, 4) is 28.5 Å². The van der Waals surface area contributed by atoms with Crippen LogP contribution >= 0.6 is 0 Å². The summed E-state index contributed by atoms with van der Waals surface area (Å²) >= 11 is 0. The highest BCUT2D eigenvalue weighted by Gasteiger charge is 2.16. The van der Waals surface area contributed by atoms with Gasteiger partial charge in [-0.3, -0.25) is 25.0 Å². The molecule has 10 heteroatoms. The quantitative estimate of drug-likeness (QED) is 0.327. The molecule has 1 amide bonds. The number of nitro groups is 1. The average Bonchev–Trinajstić information content (AvgIpc) is 3.30. The number of ether oxygens (including phenoxy) is 2. The van der Waals surface area contributed by atoms with Gasteiger partial charge in [0.15, 0.2) is 0 Å². The molecule has 0 aliphatic rings. The van der Waals surface area contributed by atoms with Gasteiger partial charge in [0.2, 0.25) is 0 Å². The lowest BCUT2D eigenvalue weighted by Gasteiger charge is -2.08. The van der Waals surface area contributed by atoms with Gasteiger partial charge >= 0.3 is 0 Å². The summed E-state index contributed by atoms with van der Waals surface area (Å²) in [5, 5.41) is 20.8. The molecule has 0 atom stereocenters. The summed E-state index contributed by atoms with van der Waals surface area (Å²) in [7, 11) is 1.56. The van der Waals surface area contributed by atoms with Gasteiger partial charge in [-0.15, -0.1) is 0 Å². The number of nitro benzene ring substituents is 1. The van der Waals surface area contributed by atoms with Crippen LogP contribution in [0.25, 0.3) is 11.3 Å². The van der Waals surface area contributed by atoms with Crippen LogP contribution in [0.1, 0.15) is 10.5 Å². The Hall–Kier alpha value is -4.73. The summed E-state index contributed by atoms with van der Waals surface area (Å²) < 4.78 is 10.8. The number of non-ortho nitro benzene ring substituents is 1. The van der Waals surface area contributed by atoms with Crippen molar-refractivity contribution < 1.29 is 19.2 Å². The van der Waals surface area contributed by atoms with Gasteiger partial charge in [0.1, 0.15) is 22.9 Å². The topological polar surface area (TPSA) is 132 Å². The number of aromatic amines is 1. The molecular weight excluding hydrogens is 414 g/mol. The Labute approximate surface area is 182 Å². The summed E-state index contributed by atoms with van der Waals surface area (Å²) in [6, 6.07) is 16.2. The molecule has 160 valence electrons. The third-order valence-corrected chi connectivity index (χ3v) is 4.42. The molecule has 0 bridgehead atoms. The number of amides is 1. The molecule has 0 aliphatic carbocycles. The van der Waals surface area contributed by atoms with Crippen LogP contribution in [0.3, 0.4) is 0 Å². The lowest BCUT2D eigenvalue weighted by atomic mass is 10.1. The van der Waals surface area contributed by atoms with Gasteiger partial charge in [-0.1, -0.05) is 12.1 Å². The Morgan fingerprint density at radius 2 is 1.91 bits per heavy atom. The Balaban J connectivity index is 1.56.